The Morgan fingerprint density at radius 1 is 0.405 bits per heavy atom. The first-order chi connectivity index (χ1) is 18.2. The Balaban J connectivity index is 0. The summed E-state index contributed by atoms with van der Waals surface area (Å²) in [5.74, 6) is -0.654. The van der Waals surface area contributed by atoms with Crippen molar-refractivity contribution >= 4 is 5.97 Å². The topological polar surface area (TPSA) is 49.3 Å². The van der Waals surface area contributed by atoms with Crippen LogP contribution in [0.4, 0.5) is 0 Å². The first-order valence-corrected chi connectivity index (χ1v) is 17.1. The van der Waals surface area contributed by atoms with Gasteiger partial charge in [0.25, 0.3) is 0 Å². The van der Waals surface area contributed by atoms with Crippen LogP contribution in [-0.4, -0.2) is 24.2 Å². The number of unbranched alkanes of at least 4 members (excludes halogenated alkanes) is 24. The molecular formula is C34H71NO2. The van der Waals surface area contributed by atoms with Crippen LogP contribution in [-0.2, 0) is 4.79 Å². The summed E-state index contributed by atoms with van der Waals surface area (Å²) < 4.78 is 0. The molecule has 3 nitrogen and oxygen atoms in total. The van der Waals surface area contributed by atoms with Gasteiger partial charge >= 0.3 is 5.97 Å². The summed E-state index contributed by atoms with van der Waals surface area (Å²) in [6.07, 6.45) is 37.1. The van der Waals surface area contributed by atoms with Crippen molar-refractivity contribution in [3.63, 3.8) is 0 Å². The first-order valence-electron chi connectivity index (χ1n) is 17.1. The summed E-state index contributed by atoms with van der Waals surface area (Å²) in [5, 5.41) is 12.1. The second-order valence-corrected chi connectivity index (χ2v) is 11.4. The van der Waals surface area contributed by atoms with Crippen molar-refractivity contribution < 1.29 is 9.90 Å². The van der Waals surface area contributed by atoms with Gasteiger partial charge in [0.1, 0.15) is 0 Å². The molecule has 0 fully saturated rings. The van der Waals surface area contributed by atoms with Gasteiger partial charge < -0.3 is 10.4 Å². The van der Waals surface area contributed by atoms with Crippen LogP contribution in [0.1, 0.15) is 201 Å². The maximum atomic E-state index is 10.3. The van der Waals surface area contributed by atoms with Crippen molar-refractivity contribution in [1.82, 2.24) is 5.32 Å². The lowest BCUT2D eigenvalue weighted by Crippen LogP contribution is -2.16. The highest BCUT2D eigenvalue weighted by Crippen LogP contribution is 2.13. The van der Waals surface area contributed by atoms with Crippen LogP contribution >= 0.6 is 0 Å². The number of carboxylic acid groups (broad SMARTS) is 1. The van der Waals surface area contributed by atoms with Gasteiger partial charge in [0.15, 0.2) is 0 Å². The summed E-state index contributed by atoms with van der Waals surface area (Å²) in [7, 11) is 0. The van der Waals surface area contributed by atoms with E-state index in [1.54, 1.807) is 0 Å². The Labute approximate surface area is 234 Å². The minimum Gasteiger partial charge on any atom is -0.481 e. The smallest absolute Gasteiger partial charge is 0.303 e. The van der Waals surface area contributed by atoms with Gasteiger partial charge in [0, 0.05) is 6.42 Å². The molecule has 0 aromatic carbocycles. The molecule has 0 radical (unpaired) electrons. The van der Waals surface area contributed by atoms with Gasteiger partial charge in [-0.15, -0.1) is 0 Å². The normalized spacial score (nSPS) is 10.9. The van der Waals surface area contributed by atoms with Crippen LogP contribution in [0.15, 0.2) is 0 Å². The van der Waals surface area contributed by atoms with Gasteiger partial charge in [-0.05, 0) is 32.4 Å². The molecule has 0 aliphatic heterocycles. The van der Waals surface area contributed by atoms with Crippen molar-refractivity contribution in [2.75, 3.05) is 13.1 Å². The van der Waals surface area contributed by atoms with Gasteiger partial charge in [0.05, 0.1) is 0 Å². The molecule has 0 saturated carbocycles. The number of nitrogens with one attached hydrogen (secondary N) is 1. The van der Waals surface area contributed by atoms with Crippen LogP contribution in [0.2, 0.25) is 0 Å². The van der Waals surface area contributed by atoms with Crippen LogP contribution in [0.25, 0.3) is 0 Å². The summed E-state index contributed by atoms with van der Waals surface area (Å²) in [6.45, 7) is 9.30. The van der Waals surface area contributed by atoms with E-state index in [0.717, 1.165) is 12.8 Å². The zero-order valence-corrected chi connectivity index (χ0v) is 26.1. The lowest BCUT2D eigenvalue weighted by molar-refractivity contribution is -0.137. The lowest BCUT2D eigenvalue weighted by Gasteiger charge is -2.05. The van der Waals surface area contributed by atoms with Crippen LogP contribution < -0.4 is 5.32 Å². The van der Waals surface area contributed by atoms with Gasteiger partial charge in [-0.2, -0.15) is 0 Å². The van der Waals surface area contributed by atoms with E-state index >= 15 is 0 Å². The fraction of sp³-hybridized carbons (Fsp3) is 0.971. The minimum absolute atomic E-state index is 0.345. The quantitative estimate of drug-likeness (QED) is 0.0916. The number of aliphatic carboxylic acids is 1. The molecule has 0 aromatic rings. The maximum Gasteiger partial charge on any atom is 0.303 e. The van der Waals surface area contributed by atoms with Crippen LogP contribution in [0.3, 0.4) is 0 Å². The zero-order chi connectivity index (χ0) is 27.5. The molecule has 0 atom stereocenters. The van der Waals surface area contributed by atoms with Crippen LogP contribution in [0.5, 0.6) is 0 Å². The fourth-order valence-corrected chi connectivity index (χ4v) is 4.83. The van der Waals surface area contributed by atoms with Gasteiger partial charge in [-0.25, -0.2) is 0 Å². The van der Waals surface area contributed by atoms with E-state index in [9.17, 15) is 4.79 Å². The summed E-state index contributed by atoms with van der Waals surface area (Å²) >= 11 is 0. The Hall–Kier alpha value is -0.570. The van der Waals surface area contributed by atoms with Crippen molar-refractivity contribution in [3.8, 4) is 0 Å². The van der Waals surface area contributed by atoms with Crippen molar-refractivity contribution in [2.24, 2.45) is 0 Å². The predicted octanol–water partition coefficient (Wildman–Crippen LogP) is 11.6. The molecule has 0 heterocycles. The molecule has 2 N–H and O–H groups in total. The van der Waals surface area contributed by atoms with E-state index in [1.807, 2.05) is 0 Å². The zero-order valence-electron chi connectivity index (χ0n) is 26.1. The number of hydrogen-bond acceptors (Lipinski definition) is 2. The molecule has 224 valence electrons. The summed E-state index contributed by atoms with van der Waals surface area (Å²) in [6, 6.07) is 0. The molecule has 0 saturated heterocycles. The first kappa shape index (κ1) is 38.6. The number of carbonyl (C=O) groups is 1. The SMILES string of the molecule is CCCCCCCCCCCCCCCCC(=O)O.CCCCCCCCCCNCCCCCCC. The molecule has 37 heavy (non-hydrogen) atoms. The van der Waals surface area contributed by atoms with Crippen molar-refractivity contribution in [2.45, 2.75) is 201 Å². The highest BCUT2D eigenvalue weighted by molar-refractivity contribution is 5.66. The third-order valence-corrected chi connectivity index (χ3v) is 7.41. The molecular weight excluding hydrogens is 454 g/mol. The Bertz CT molecular complexity index is 383. The summed E-state index contributed by atoms with van der Waals surface area (Å²) in [4.78, 5) is 10.3. The molecule has 0 spiro atoms. The van der Waals surface area contributed by atoms with Crippen LogP contribution in [0, 0.1) is 0 Å². The van der Waals surface area contributed by atoms with Crippen molar-refractivity contribution in [3.05, 3.63) is 0 Å². The molecule has 3 heteroatoms. The number of rotatable bonds is 30. The predicted molar refractivity (Wildman–Crippen MR) is 167 cm³/mol. The standard InChI is InChI=1S/C17H37N.C17H34O2/c1-3-5-7-9-10-11-13-15-17-18-16-14-12-8-6-4-2;1-2-3-4-5-6-7-8-9-10-11-12-13-14-15-16-17(18)19/h18H,3-17H2,1-2H3;2-16H2,1H3,(H,18,19). The number of hydrogen-bond donors (Lipinski definition) is 2. The molecule has 0 aromatic heterocycles. The largest absolute Gasteiger partial charge is 0.481 e. The highest BCUT2D eigenvalue weighted by Gasteiger charge is 1.97. The Morgan fingerprint density at radius 2 is 0.649 bits per heavy atom. The molecule has 0 unspecified atom stereocenters. The van der Waals surface area contributed by atoms with E-state index in [4.69, 9.17) is 5.11 Å². The lowest BCUT2D eigenvalue weighted by atomic mass is 10.0. The maximum absolute atomic E-state index is 10.3. The molecule has 0 amide bonds. The number of carboxylic acids is 1. The third-order valence-electron chi connectivity index (χ3n) is 7.41. The molecule has 0 aliphatic carbocycles. The van der Waals surface area contributed by atoms with Gasteiger partial charge in [-0.1, -0.05) is 175 Å². The molecule has 0 aliphatic rings. The fourth-order valence-electron chi connectivity index (χ4n) is 4.83. The van der Waals surface area contributed by atoms with E-state index in [2.05, 4.69) is 26.1 Å². The molecule has 0 rings (SSSR count). The minimum atomic E-state index is -0.654. The van der Waals surface area contributed by atoms with Gasteiger partial charge in [-0.3, -0.25) is 4.79 Å². The Morgan fingerprint density at radius 3 is 0.919 bits per heavy atom. The molecule has 0 bridgehead atoms. The van der Waals surface area contributed by atoms with Gasteiger partial charge in [0.2, 0.25) is 0 Å². The average Bonchev–Trinajstić information content (AvgIpc) is 2.89. The second kappa shape index (κ2) is 37.6. The van der Waals surface area contributed by atoms with E-state index in [0.29, 0.717) is 6.42 Å². The monoisotopic (exact) mass is 526 g/mol. The van der Waals surface area contributed by atoms with E-state index in [1.165, 1.54) is 174 Å². The highest BCUT2D eigenvalue weighted by atomic mass is 16.4. The average molecular weight is 526 g/mol. The Kier molecular flexibility index (Phi) is 39.2. The van der Waals surface area contributed by atoms with E-state index in [-0.39, 0.29) is 0 Å². The van der Waals surface area contributed by atoms with Crippen molar-refractivity contribution in [1.29, 1.82) is 0 Å². The third kappa shape index (κ3) is 42.8. The summed E-state index contributed by atoms with van der Waals surface area (Å²) in [5.41, 5.74) is 0. The van der Waals surface area contributed by atoms with E-state index < -0.39 is 5.97 Å². The second-order valence-electron chi connectivity index (χ2n) is 11.4.